The fourth-order valence-electron chi connectivity index (χ4n) is 2.25. The second-order valence-corrected chi connectivity index (χ2v) is 5.80. The number of nitrogens with zero attached hydrogens (tertiary/aromatic N) is 1. The van der Waals surface area contributed by atoms with Crippen molar-refractivity contribution in [3.8, 4) is 0 Å². The lowest BCUT2D eigenvalue weighted by Gasteiger charge is -2.23. The van der Waals surface area contributed by atoms with E-state index < -0.39 is 6.10 Å². The molecule has 0 saturated heterocycles. The Labute approximate surface area is 131 Å². The Kier molecular flexibility index (Phi) is 6.24. The Morgan fingerprint density at radius 1 is 1.18 bits per heavy atom. The van der Waals surface area contributed by atoms with Gasteiger partial charge < -0.3 is 18.7 Å². The highest BCUT2D eigenvalue weighted by Gasteiger charge is 2.16. The van der Waals surface area contributed by atoms with Gasteiger partial charge in [0.15, 0.2) is 0 Å². The molecule has 5 nitrogen and oxygen atoms in total. The van der Waals surface area contributed by atoms with E-state index in [-0.39, 0.29) is 6.10 Å². The lowest BCUT2D eigenvalue weighted by atomic mass is 10.3. The van der Waals surface area contributed by atoms with Gasteiger partial charge in [0.05, 0.1) is 38.2 Å². The van der Waals surface area contributed by atoms with Crippen molar-refractivity contribution >= 4 is 0 Å². The molecule has 2 heterocycles. The molecule has 0 saturated carbocycles. The lowest BCUT2D eigenvalue weighted by molar-refractivity contribution is -0.0121. The Balaban J connectivity index is 1.94. The molecular formula is C17H25NO4. The Morgan fingerprint density at radius 2 is 1.95 bits per heavy atom. The van der Waals surface area contributed by atoms with Crippen LogP contribution in [-0.2, 0) is 17.8 Å². The van der Waals surface area contributed by atoms with Gasteiger partial charge >= 0.3 is 0 Å². The topological polar surface area (TPSA) is 59.0 Å². The maximum absolute atomic E-state index is 10.2. The van der Waals surface area contributed by atoms with Crippen molar-refractivity contribution in [2.24, 2.45) is 0 Å². The summed E-state index contributed by atoms with van der Waals surface area (Å²) in [4.78, 5) is 2.09. The maximum Gasteiger partial charge on any atom is 0.118 e. The molecule has 0 unspecified atom stereocenters. The maximum atomic E-state index is 10.2. The summed E-state index contributed by atoms with van der Waals surface area (Å²) in [6.45, 7) is 7.89. The summed E-state index contributed by atoms with van der Waals surface area (Å²) in [6, 6.07) is 7.69. The normalized spacial score (nSPS) is 13.2. The lowest BCUT2D eigenvalue weighted by Crippen LogP contribution is -2.34. The number of hydrogen-bond acceptors (Lipinski definition) is 5. The average molecular weight is 307 g/mol. The smallest absolute Gasteiger partial charge is 0.118 e. The Hall–Kier alpha value is -1.56. The molecule has 0 aliphatic carbocycles. The predicted octanol–water partition coefficient (Wildman–Crippen LogP) is 2.97. The van der Waals surface area contributed by atoms with Crippen molar-refractivity contribution in [2.75, 3.05) is 13.2 Å². The second-order valence-electron chi connectivity index (χ2n) is 5.80. The monoisotopic (exact) mass is 307 g/mol. The third-order valence-electron chi connectivity index (χ3n) is 3.23. The van der Waals surface area contributed by atoms with E-state index >= 15 is 0 Å². The first-order valence-corrected chi connectivity index (χ1v) is 7.62. The molecule has 122 valence electrons. The largest absolute Gasteiger partial charge is 0.468 e. The number of rotatable bonds is 9. The standard InChI is InChI=1S/C17H25NO4/c1-13(2)21-12-15(19)9-18(10-16-5-4-8-20-16)11-17-7-6-14(3)22-17/h4-8,13,15,19H,9-12H2,1-3H3/t15-/m1/s1. The highest BCUT2D eigenvalue weighted by atomic mass is 16.5. The molecule has 0 bridgehead atoms. The van der Waals surface area contributed by atoms with Crippen molar-refractivity contribution in [1.29, 1.82) is 0 Å². The SMILES string of the molecule is Cc1ccc(CN(Cc2ccco2)C[C@@H](O)COC(C)C)o1. The first-order valence-electron chi connectivity index (χ1n) is 7.62. The van der Waals surface area contributed by atoms with E-state index in [2.05, 4.69) is 4.90 Å². The van der Waals surface area contributed by atoms with Gasteiger partial charge in [-0.25, -0.2) is 0 Å². The summed E-state index contributed by atoms with van der Waals surface area (Å²) in [5.74, 6) is 2.62. The van der Waals surface area contributed by atoms with E-state index in [1.165, 1.54) is 0 Å². The zero-order valence-electron chi connectivity index (χ0n) is 13.5. The third kappa shape index (κ3) is 5.67. The molecule has 0 spiro atoms. The molecule has 0 radical (unpaired) electrons. The summed E-state index contributed by atoms with van der Waals surface area (Å²) in [6.07, 6.45) is 1.22. The molecule has 1 atom stereocenters. The van der Waals surface area contributed by atoms with Crippen LogP contribution in [0, 0.1) is 6.92 Å². The number of hydrogen-bond donors (Lipinski definition) is 1. The van der Waals surface area contributed by atoms with Crippen LogP contribution in [0.4, 0.5) is 0 Å². The molecule has 2 rings (SSSR count). The number of aliphatic hydroxyl groups is 1. The fraction of sp³-hybridized carbons (Fsp3) is 0.529. The minimum atomic E-state index is -0.548. The van der Waals surface area contributed by atoms with Crippen LogP contribution >= 0.6 is 0 Å². The predicted molar refractivity (Wildman–Crippen MR) is 83.4 cm³/mol. The molecule has 0 aliphatic rings. The Morgan fingerprint density at radius 3 is 2.55 bits per heavy atom. The second kappa shape index (κ2) is 8.17. The van der Waals surface area contributed by atoms with Gasteiger partial charge in [-0.3, -0.25) is 4.90 Å². The summed E-state index contributed by atoms with van der Waals surface area (Å²) in [5.41, 5.74) is 0. The molecule has 2 aromatic rings. The van der Waals surface area contributed by atoms with Crippen LogP contribution in [-0.4, -0.2) is 35.4 Å². The van der Waals surface area contributed by atoms with Crippen LogP contribution in [0.5, 0.6) is 0 Å². The van der Waals surface area contributed by atoms with Crippen molar-refractivity contribution in [1.82, 2.24) is 4.90 Å². The van der Waals surface area contributed by atoms with Gasteiger partial charge in [-0.1, -0.05) is 0 Å². The number of aliphatic hydroxyl groups excluding tert-OH is 1. The van der Waals surface area contributed by atoms with Gasteiger partial charge in [0.2, 0.25) is 0 Å². The molecular weight excluding hydrogens is 282 g/mol. The molecule has 1 N–H and O–H groups in total. The molecule has 0 fully saturated rings. The number of ether oxygens (including phenoxy) is 1. The summed E-state index contributed by atoms with van der Waals surface area (Å²) >= 11 is 0. The van der Waals surface area contributed by atoms with Crippen molar-refractivity contribution in [2.45, 2.75) is 46.1 Å². The molecule has 0 aromatic carbocycles. The zero-order valence-corrected chi connectivity index (χ0v) is 13.5. The van der Waals surface area contributed by atoms with Crippen molar-refractivity contribution < 1.29 is 18.7 Å². The quantitative estimate of drug-likeness (QED) is 0.772. The highest BCUT2D eigenvalue weighted by molar-refractivity contribution is 5.06. The van der Waals surface area contributed by atoms with Gasteiger partial charge in [-0.15, -0.1) is 0 Å². The van der Waals surface area contributed by atoms with E-state index in [4.69, 9.17) is 13.6 Å². The van der Waals surface area contributed by atoms with Gasteiger partial charge in [0.1, 0.15) is 17.3 Å². The molecule has 2 aromatic heterocycles. The molecule has 5 heteroatoms. The van der Waals surface area contributed by atoms with Crippen LogP contribution < -0.4 is 0 Å². The highest BCUT2D eigenvalue weighted by Crippen LogP contribution is 2.13. The zero-order chi connectivity index (χ0) is 15.9. The van der Waals surface area contributed by atoms with Gasteiger partial charge in [0.25, 0.3) is 0 Å². The minimum Gasteiger partial charge on any atom is -0.468 e. The Bertz CT molecular complexity index is 533. The summed E-state index contributed by atoms with van der Waals surface area (Å²) in [7, 11) is 0. The molecule has 0 amide bonds. The van der Waals surface area contributed by atoms with Crippen LogP contribution in [0.15, 0.2) is 39.4 Å². The van der Waals surface area contributed by atoms with Gasteiger partial charge in [0, 0.05) is 6.54 Å². The average Bonchev–Trinajstić information content (AvgIpc) is 3.08. The molecule has 22 heavy (non-hydrogen) atoms. The van der Waals surface area contributed by atoms with E-state index in [1.54, 1.807) is 6.26 Å². The van der Waals surface area contributed by atoms with E-state index in [0.717, 1.165) is 17.3 Å². The van der Waals surface area contributed by atoms with E-state index in [0.29, 0.717) is 26.2 Å². The van der Waals surface area contributed by atoms with Crippen LogP contribution in [0.25, 0.3) is 0 Å². The van der Waals surface area contributed by atoms with Crippen LogP contribution in [0.1, 0.15) is 31.1 Å². The third-order valence-corrected chi connectivity index (χ3v) is 3.23. The minimum absolute atomic E-state index is 0.112. The van der Waals surface area contributed by atoms with Crippen molar-refractivity contribution in [3.63, 3.8) is 0 Å². The summed E-state index contributed by atoms with van der Waals surface area (Å²) in [5, 5.41) is 10.2. The fourth-order valence-corrected chi connectivity index (χ4v) is 2.25. The van der Waals surface area contributed by atoms with Gasteiger partial charge in [-0.05, 0) is 45.0 Å². The van der Waals surface area contributed by atoms with Gasteiger partial charge in [-0.2, -0.15) is 0 Å². The molecule has 0 aliphatic heterocycles. The van der Waals surface area contributed by atoms with Crippen LogP contribution in [0.2, 0.25) is 0 Å². The van der Waals surface area contributed by atoms with Crippen molar-refractivity contribution in [3.05, 3.63) is 47.8 Å². The van der Waals surface area contributed by atoms with E-state index in [9.17, 15) is 5.11 Å². The number of furan rings is 2. The van der Waals surface area contributed by atoms with E-state index in [1.807, 2.05) is 45.0 Å². The first-order chi connectivity index (χ1) is 10.5. The van der Waals surface area contributed by atoms with Crippen LogP contribution in [0.3, 0.4) is 0 Å². The first kappa shape index (κ1) is 16.8. The summed E-state index contributed by atoms with van der Waals surface area (Å²) < 4.78 is 16.5. The number of aryl methyl sites for hydroxylation is 1.